The molecule has 1 aliphatic heterocycles. The van der Waals surface area contributed by atoms with Gasteiger partial charge in [-0.15, -0.1) is 0 Å². The lowest BCUT2D eigenvalue weighted by molar-refractivity contribution is 0.192. The molecule has 150 valence electrons. The lowest BCUT2D eigenvalue weighted by Gasteiger charge is -2.25. The quantitative estimate of drug-likeness (QED) is 0.645. The van der Waals surface area contributed by atoms with Gasteiger partial charge in [0.15, 0.2) is 0 Å². The fraction of sp³-hybridized carbons (Fsp3) is 0.304. The van der Waals surface area contributed by atoms with Crippen molar-refractivity contribution in [1.82, 2.24) is 20.0 Å². The Balaban J connectivity index is 1.47. The number of halogens is 1. The van der Waals surface area contributed by atoms with Crippen molar-refractivity contribution in [2.24, 2.45) is 0 Å². The van der Waals surface area contributed by atoms with Crippen molar-refractivity contribution < 1.29 is 4.79 Å². The number of amides is 2. The molecule has 4 rings (SSSR count). The third kappa shape index (κ3) is 4.01. The van der Waals surface area contributed by atoms with Gasteiger partial charge in [-0.25, -0.2) is 9.48 Å². The topological polar surface area (TPSA) is 50.2 Å². The molecule has 1 aliphatic rings. The minimum Gasteiger partial charge on any atom is -0.334 e. The molecule has 1 unspecified atom stereocenters. The number of carbonyl (C=O) groups excluding carboxylic acids is 1. The van der Waals surface area contributed by atoms with E-state index in [-0.39, 0.29) is 12.1 Å². The van der Waals surface area contributed by atoms with Crippen LogP contribution >= 0.6 is 11.6 Å². The molecule has 0 radical (unpaired) electrons. The predicted octanol–water partition coefficient (Wildman–Crippen LogP) is 5.19. The van der Waals surface area contributed by atoms with Crippen LogP contribution < -0.4 is 5.32 Å². The number of rotatable bonds is 4. The van der Waals surface area contributed by atoms with E-state index >= 15 is 0 Å². The van der Waals surface area contributed by atoms with Crippen LogP contribution in [0.1, 0.15) is 41.4 Å². The van der Waals surface area contributed by atoms with Crippen LogP contribution in [0.5, 0.6) is 0 Å². The number of aromatic nitrogens is 2. The second-order valence-electron chi connectivity index (χ2n) is 7.46. The van der Waals surface area contributed by atoms with Crippen LogP contribution in [-0.2, 0) is 6.54 Å². The molecule has 1 atom stereocenters. The summed E-state index contributed by atoms with van der Waals surface area (Å²) in [5.41, 5.74) is 5.19. The molecule has 0 aliphatic carbocycles. The molecule has 1 aromatic heterocycles. The van der Waals surface area contributed by atoms with E-state index in [9.17, 15) is 4.79 Å². The Morgan fingerprint density at radius 3 is 2.59 bits per heavy atom. The number of nitrogens with zero attached hydrogens (tertiary/aromatic N) is 3. The maximum atomic E-state index is 12.9. The first-order chi connectivity index (χ1) is 14.0. The van der Waals surface area contributed by atoms with E-state index in [0.29, 0.717) is 11.6 Å². The molecule has 6 heteroatoms. The van der Waals surface area contributed by atoms with Crippen LogP contribution in [0.25, 0.3) is 5.69 Å². The Morgan fingerprint density at radius 1 is 1.14 bits per heavy atom. The zero-order valence-electron chi connectivity index (χ0n) is 16.7. The first kappa shape index (κ1) is 19.5. The number of hydrogen-bond acceptors (Lipinski definition) is 2. The summed E-state index contributed by atoms with van der Waals surface area (Å²) in [6.45, 7) is 5.26. The fourth-order valence-corrected chi connectivity index (χ4v) is 4.18. The van der Waals surface area contributed by atoms with Crippen LogP contribution in [0.2, 0.25) is 5.02 Å². The van der Waals surface area contributed by atoms with Crippen LogP contribution in [0.3, 0.4) is 0 Å². The standard InChI is InChI=1S/C23H25ClN4O/c1-16-21(17(2)28(26-16)20-7-4-3-5-8-20)15-25-23(29)27-14-6-9-22(27)18-10-12-19(24)13-11-18/h3-5,7-8,10-13,22H,6,9,14-15H2,1-2H3,(H,25,29). The van der Waals surface area contributed by atoms with Crippen molar-refractivity contribution in [3.63, 3.8) is 0 Å². The molecule has 2 heterocycles. The Morgan fingerprint density at radius 2 is 1.86 bits per heavy atom. The molecular weight excluding hydrogens is 384 g/mol. The first-order valence-electron chi connectivity index (χ1n) is 9.95. The number of nitrogens with one attached hydrogen (secondary N) is 1. The van der Waals surface area contributed by atoms with Gasteiger partial charge in [-0.2, -0.15) is 5.10 Å². The third-order valence-electron chi connectivity index (χ3n) is 5.63. The Hall–Kier alpha value is -2.79. The molecule has 5 nitrogen and oxygen atoms in total. The summed E-state index contributed by atoms with van der Waals surface area (Å²) in [6.07, 6.45) is 1.98. The van der Waals surface area contributed by atoms with Crippen LogP contribution in [-0.4, -0.2) is 27.3 Å². The summed E-state index contributed by atoms with van der Waals surface area (Å²) in [5, 5.41) is 8.48. The molecule has 1 fully saturated rings. The van der Waals surface area contributed by atoms with Crippen LogP contribution in [0.15, 0.2) is 54.6 Å². The van der Waals surface area contributed by atoms with Gasteiger partial charge in [0.25, 0.3) is 0 Å². The van der Waals surface area contributed by atoms with Crippen molar-refractivity contribution in [1.29, 1.82) is 0 Å². The Kier molecular flexibility index (Phi) is 5.58. The molecule has 1 saturated heterocycles. The SMILES string of the molecule is Cc1nn(-c2ccccc2)c(C)c1CNC(=O)N1CCCC1c1ccc(Cl)cc1. The molecule has 29 heavy (non-hydrogen) atoms. The zero-order valence-corrected chi connectivity index (χ0v) is 17.5. The number of para-hydroxylation sites is 1. The van der Waals surface area contributed by atoms with Crippen molar-refractivity contribution in [2.45, 2.75) is 39.3 Å². The normalized spacial score (nSPS) is 16.2. The predicted molar refractivity (Wildman–Crippen MR) is 115 cm³/mol. The molecule has 2 amide bonds. The number of hydrogen-bond donors (Lipinski definition) is 1. The summed E-state index contributed by atoms with van der Waals surface area (Å²) < 4.78 is 1.93. The average molecular weight is 409 g/mol. The highest BCUT2D eigenvalue weighted by atomic mass is 35.5. The Labute approximate surface area is 176 Å². The molecule has 3 aromatic rings. The largest absolute Gasteiger partial charge is 0.334 e. The summed E-state index contributed by atoms with van der Waals surface area (Å²) in [6, 6.07) is 17.9. The first-order valence-corrected chi connectivity index (χ1v) is 10.3. The lowest BCUT2D eigenvalue weighted by Crippen LogP contribution is -2.39. The number of likely N-dealkylation sites (tertiary alicyclic amines) is 1. The summed E-state index contributed by atoms with van der Waals surface area (Å²) in [7, 11) is 0. The molecule has 1 N–H and O–H groups in total. The molecular formula is C23H25ClN4O. The summed E-state index contributed by atoms with van der Waals surface area (Å²) in [5.74, 6) is 0. The number of carbonyl (C=O) groups is 1. The van der Waals surface area contributed by atoms with E-state index in [2.05, 4.69) is 10.4 Å². The van der Waals surface area contributed by atoms with Crippen molar-refractivity contribution in [2.75, 3.05) is 6.54 Å². The molecule has 0 spiro atoms. The number of benzene rings is 2. The Bertz CT molecular complexity index is 998. The van der Waals surface area contributed by atoms with Crippen molar-refractivity contribution in [3.8, 4) is 5.69 Å². The maximum Gasteiger partial charge on any atom is 0.318 e. The second kappa shape index (κ2) is 8.29. The van der Waals surface area contributed by atoms with Crippen LogP contribution in [0.4, 0.5) is 4.79 Å². The maximum absolute atomic E-state index is 12.9. The summed E-state index contributed by atoms with van der Waals surface area (Å²) in [4.78, 5) is 14.9. The van der Waals surface area contributed by atoms with Gasteiger partial charge in [0, 0.05) is 29.4 Å². The highest BCUT2D eigenvalue weighted by Crippen LogP contribution is 2.32. The smallest absolute Gasteiger partial charge is 0.318 e. The number of urea groups is 1. The fourth-order valence-electron chi connectivity index (χ4n) is 4.06. The minimum absolute atomic E-state index is 0.0336. The van der Waals surface area contributed by atoms with E-state index < -0.39 is 0 Å². The van der Waals surface area contributed by atoms with E-state index in [0.717, 1.165) is 47.6 Å². The molecule has 2 aromatic carbocycles. The highest BCUT2D eigenvalue weighted by Gasteiger charge is 2.30. The van der Waals surface area contributed by atoms with E-state index in [4.69, 9.17) is 11.6 Å². The van der Waals surface area contributed by atoms with E-state index in [1.54, 1.807) is 0 Å². The van der Waals surface area contributed by atoms with E-state index in [1.807, 2.05) is 78.0 Å². The number of aryl methyl sites for hydroxylation is 1. The van der Waals surface area contributed by atoms with Gasteiger partial charge in [0.05, 0.1) is 17.4 Å². The van der Waals surface area contributed by atoms with Gasteiger partial charge in [0.2, 0.25) is 0 Å². The average Bonchev–Trinajstić information content (AvgIpc) is 3.33. The summed E-state index contributed by atoms with van der Waals surface area (Å²) >= 11 is 6.01. The lowest BCUT2D eigenvalue weighted by atomic mass is 10.1. The van der Waals surface area contributed by atoms with Crippen LogP contribution in [0, 0.1) is 13.8 Å². The zero-order chi connectivity index (χ0) is 20.4. The highest BCUT2D eigenvalue weighted by molar-refractivity contribution is 6.30. The van der Waals surface area contributed by atoms with Gasteiger partial charge in [-0.05, 0) is 56.5 Å². The van der Waals surface area contributed by atoms with Gasteiger partial charge in [0.1, 0.15) is 0 Å². The molecule has 0 bridgehead atoms. The van der Waals surface area contributed by atoms with Gasteiger partial charge < -0.3 is 10.2 Å². The van der Waals surface area contributed by atoms with Crippen molar-refractivity contribution >= 4 is 17.6 Å². The monoisotopic (exact) mass is 408 g/mol. The van der Waals surface area contributed by atoms with Gasteiger partial charge in [-0.1, -0.05) is 41.9 Å². The molecule has 0 saturated carbocycles. The van der Waals surface area contributed by atoms with Gasteiger partial charge >= 0.3 is 6.03 Å². The van der Waals surface area contributed by atoms with Crippen molar-refractivity contribution in [3.05, 3.63) is 82.1 Å². The minimum atomic E-state index is -0.0336. The van der Waals surface area contributed by atoms with E-state index in [1.165, 1.54) is 0 Å². The second-order valence-corrected chi connectivity index (χ2v) is 7.89. The van der Waals surface area contributed by atoms with Gasteiger partial charge in [-0.3, -0.25) is 0 Å². The third-order valence-corrected chi connectivity index (χ3v) is 5.88.